The molecule has 2 aromatic carbocycles. The topological polar surface area (TPSA) is 48.0 Å². The minimum Gasteiger partial charge on any atom is -0.497 e. The Bertz CT molecular complexity index is 660. The van der Waals surface area contributed by atoms with Gasteiger partial charge in [0.25, 0.3) is 5.91 Å². The van der Waals surface area contributed by atoms with Crippen LogP contribution in [0.15, 0.2) is 42.5 Å². The van der Waals surface area contributed by atoms with Gasteiger partial charge in [-0.15, -0.1) is 0 Å². The molecule has 0 atom stereocenters. The van der Waals surface area contributed by atoms with Crippen LogP contribution >= 0.6 is 0 Å². The van der Waals surface area contributed by atoms with Crippen molar-refractivity contribution in [2.75, 3.05) is 34.4 Å². The van der Waals surface area contributed by atoms with E-state index >= 15 is 0 Å². The number of hydrogen-bond donors (Lipinski definition) is 0. The molecular formula is C19H23NO4. The van der Waals surface area contributed by atoms with Crippen molar-refractivity contribution in [2.45, 2.75) is 6.92 Å². The van der Waals surface area contributed by atoms with Crippen LogP contribution < -0.4 is 14.2 Å². The highest BCUT2D eigenvalue weighted by molar-refractivity contribution is 5.95. The number of aryl methyl sites for hydroxylation is 1. The van der Waals surface area contributed by atoms with Crippen LogP contribution in [0.3, 0.4) is 0 Å². The first kappa shape index (κ1) is 17.7. The summed E-state index contributed by atoms with van der Waals surface area (Å²) in [6.45, 7) is 2.93. The molecule has 0 saturated heterocycles. The van der Waals surface area contributed by atoms with Crippen molar-refractivity contribution in [1.82, 2.24) is 4.90 Å². The van der Waals surface area contributed by atoms with Gasteiger partial charge in [-0.05, 0) is 31.2 Å². The Kier molecular flexibility index (Phi) is 6.07. The third-order valence-electron chi connectivity index (χ3n) is 3.66. The maximum Gasteiger partial charge on any atom is 0.253 e. The maximum atomic E-state index is 12.5. The fraction of sp³-hybridized carbons (Fsp3) is 0.316. The Balaban J connectivity index is 1.95. The van der Waals surface area contributed by atoms with E-state index in [9.17, 15) is 4.79 Å². The van der Waals surface area contributed by atoms with E-state index in [0.717, 1.165) is 5.75 Å². The molecular weight excluding hydrogens is 306 g/mol. The van der Waals surface area contributed by atoms with Gasteiger partial charge in [0.15, 0.2) is 0 Å². The number of benzene rings is 2. The molecule has 0 heterocycles. The summed E-state index contributed by atoms with van der Waals surface area (Å²) < 4.78 is 16.1. The van der Waals surface area contributed by atoms with Crippen molar-refractivity contribution in [3.05, 3.63) is 53.6 Å². The first-order chi connectivity index (χ1) is 11.5. The normalized spacial score (nSPS) is 10.2. The third kappa shape index (κ3) is 4.65. The minimum atomic E-state index is -0.111. The maximum absolute atomic E-state index is 12.5. The van der Waals surface area contributed by atoms with E-state index in [4.69, 9.17) is 14.2 Å². The molecule has 0 bridgehead atoms. The molecule has 5 heteroatoms. The summed E-state index contributed by atoms with van der Waals surface area (Å²) in [5.74, 6) is 1.85. The standard InChI is InChI=1S/C19H23NO4/c1-14-5-7-16(8-6-14)24-10-9-20(2)19(21)15-11-17(22-3)13-18(12-15)23-4/h5-8,11-13H,9-10H2,1-4H3. The Morgan fingerprint density at radius 1 is 0.958 bits per heavy atom. The smallest absolute Gasteiger partial charge is 0.253 e. The van der Waals surface area contributed by atoms with Crippen LogP contribution in [0.25, 0.3) is 0 Å². The van der Waals surface area contributed by atoms with Gasteiger partial charge >= 0.3 is 0 Å². The van der Waals surface area contributed by atoms with Crippen molar-refractivity contribution < 1.29 is 19.0 Å². The van der Waals surface area contributed by atoms with Gasteiger partial charge in [-0.2, -0.15) is 0 Å². The molecule has 0 fully saturated rings. The van der Waals surface area contributed by atoms with Crippen molar-refractivity contribution >= 4 is 5.91 Å². The number of hydrogen-bond acceptors (Lipinski definition) is 4. The largest absolute Gasteiger partial charge is 0.497 e. The minimum absolute atomic E-state index is 0.111. The monoisotopic (exact) mass is 329 g/mol. The first-order valence-electron chi connectivity index (χ1n) is 7.71. The number of nitrogens with zero attached hydrogens (tertiary/aromatic N) is 1. The second-order valence-corrected chi connectivity index (χ2v) is 5.49. The highest BCUT2D eigenvalue weighted by Crippen LogP contribution is 2.23. The van der Waals surface area contributed by atoms with Crippen molar-refractivity contribution in [1.29, 1.82) is 0 Å². The fourth-order valence-corrected chi connectivity index (χ4v) is 2.19. The lowest BCUT2D eigenvalue weighted by molar-refractivity contribution is 0.0773. The summed E-state index contributed by atoms with van der Waals surface area (Å²) in [5.41, 5.74) is 1.70. The van der Waals surface area contributed by atoms with Crippen LogP contribution in [0.4, 0.5) is 0 Å². The summed E-state index contributed by atoms with van der Waals surface area (Å²) in [4.78, 5) is 14.1. The molecule has 0 unspecified atom stereocenters. The third-order valence-corrected chi connectivity index (χ3v) is 3.66. The van der Waals surface area contributed by atoms with E-state index in [1.807, 2.05) is 31.2 Å². The lowest BCUT2D eigenvalue weighted by Crippen LogP contribution is -2.30. The van der Waals surface area contributed by atoms with Gasteiger partial charge in [0.2, 0.25) is 0 Å². The van der Waals surface area contributed by atoms with Crippen molar-refractivity contribution in [2.24, 2.45) is 0 Å². The van der Waals surface area contributed by atoms with Gasteiger partial charge in [0.05, 0.1) is 20.8 Å². The number of likely N-dealkylation sites (N-methyl/N-ethyl adjacent to an activating group) is 1. The predicted octanol–water partition coefficient (Wildman–Crippen LogP) is 3.16. The van der Waals surface area contributed by atoms with Gasteiger partial charge in [0, 0.05) is 18.7 Å². The van der Waals surface area contributed by atoms with Crippen LogP contribution in [0.2, 0.25) is 0 Å². The zero-order chi connectivity index (χ0) is 17.5. The zero-order valence-electron chi connectivity index (χ0n) is 14.5. The van der Waals surface area contributed by atoms with E-state index in [1.165, 1.54) is 5.56 Å². The molecule has 5 nitrogen and oxygen atoms in total. The molecule has 2 aromatic rings. The summed E-state index contributed by atoms with van der Waals surface area (Å²) in [6.07, 6.45) is 0. The Morgan fingerprint density at radius 2 is 1.54 bits per heavy atom. The van der Waals surface area contributed by atoms with Gasteiger partial charge in [0.1, 0.15) is 23.9 Å². The van der Waals surface area contributed by atoms with Crippen LogP contribution in [-0.4, -0.2) is 45.2 Å². The average molecular weight is 329 g/mol. The first-order valence-corrected chi connectivity index (χ1v) is 7.71. The quantitative estimate of drug-likeness (QED) is 0.783. The van der Waals surface area contributed by atoms with Gasteiger partial charge in [-0.1, -0.05) is 17.7 Å². The molecule has 0 saturated carbocycles. The summed E-state index contributed by atoms with van der Waals surface area (Å²) in [5, 5.41) is 0. The number of ether oxygens (including phenoxy) is 3. The van der Waals surface area contributed by atoms with Crippen molar-refractivity contribution in [3.8, 4) is 17.2 Å². The molecule has 0 aliphatic rings. The van der Waals surface area contributed by atoms with E-state index in [-0.39, 0.29) is 5.91 Å². The molecule has 1 amide bonds. The number of carbonyl (C=O) groups excluding carboxylic acids is 1. The SMILES string of the molecule is COc1cc(OC)cc(C(=O)N(C)CCOc2ccc(C)cc2)c1. The number of carbonyl (C=O) groups is 1. The molecule has 0 radical (unpaired) electrons. The van der Waals surface area contributed by atoms with Gasteiger partial charge in [-0.25, -0.2) is 0 Å². The molecule has 0 aromatic heterocycles. The second-order valence-electron chi connectivity index (χ2n) is 5.49. The lowest BCUT2D eigenvalue weighted by atomic mass is 10.1. The second kappa shape index (κ2) is 8.24. The Hall–Kier alpha value is -2.69. The summed E-state index contributed by atoms with van der Waals surface area (Å²) in [6, 6.07) is 13.0. The van der Waals surface area contributed by atoms with Crippen LogP contribution in [0, 0.1) is 6.92 Å². The average Bonchev–Trinajstić information content (AvgIpc) is 2.62. The number of amides is 1. The van der Waals surface area contributed by atoms with E-state index in [2.05, 4.69) is 0 Å². The van der Waals surface area contributed by atoms with Crippen LogP contribution in [0.1, 0.15) is 15.9 Å². The van der Waals surface area contributed by atoms with Gasteiger partial charge in [-0.3, -0.25) is 4.79 Å². The predicted molar refractivity (Wildman–Crippen MR) is 93.2 cm³/mol. The van der Waals surface area contributed by atoms with E-state index in [1.54, 1.807) is 44.4 Å². The Morgan fingerprint density at radius 3 is 2.08 bits per heavy atom. The Labute approximate surface area is 142 Å². The van der Waals surface area contributed by atoms with Gasteiger partial charge < -0.3 is 19.1 Å². The molecule has 2 rings (SSSR count). The van der Waals surface area contributed by atoms with E-state index in [0.29, 0.717) is 30.2 Å². The summed E-state index contributed by atoms with van der Waals surface area (Å²) >= 11 is 0. The molecule has 128 valence electrons. The van der Waals surface area contributed by atoms with Crippen molar-refractivity contribution in [3.63, 3.8) is 0 Å². The van der Waals surface area contributed by atoms with Crippen LogP contribution in [0.5, 0.6) is 17.2 Å². The molecule has 0 spiro atoms. The lowest BCUT2D eigenvalue weighted by Gasteiger charge is -2.18. The highest BCUT2D eigenvalue weighted by Gasteiger charge is 2.14. The fourth-order valence-electron chi connectivity index (χ4n) is 2.19. The zero-order valence-corrected chi connectivity index (χ0v) is 14.5. The van der Waals surface area contributed by atoms with Crippen LogP contribution in [-0.2, 0) is 0 Å². The number of rotatable bonds is 7. The molecule has 24 heavy (non-hydrogen) atoms. The highest BCUT2D eigenvalue weighted by atomic mass is 16.5. The van der Waals surface area contributed by atoms with E-state index < -0.39 is 0 Å². The molecule has 0 aliphatic heterocycles. The molecule has 0 N–H and O–H groups in total. The number of methoxy groups -OCH3 is 2. The summed E-state index contributed by atoms with van der Waals surface area (Å²) in [7, 11) is 4.86. The molecule has 0 aliphatic carbocycles.